The molecule has 0 radical (unpaired) electrons. The fourth-order valence-electron chi connectivity index (χ4n) is 0.875. The summed E-state index contributed by atoms with van der Waals surface area (Å²) in [6, 6.07) is 0. The first-order chi connectivity index (χ1) is 6.11. The Morgan fingerprint density at radius 1 is 1.31 bits per heavy atom. The van der Waals surface area contributed by atoms with Crippen LogP contribution in [-0.4, -0.2) is 50.7 Å². The predicted octanol–water partition coefficient (Wildman–Crippen LogP) is 0.137. The van der Waals surface area contributed by atoms with Crippen molar-refractivity contribution >= 4 is 5.97 Å². The summed E-state index contributed by atoms with van der Waals surface area (Å²) in [4.78, 5) is 10.6. The Kier molecular flexibility index (Phi) is 6.48. The molecule has 2 atom stereocenters. The lowest BCUT2D eigenvalue weighted by Gasteiger charge is -2.17. The molecule has 0 aromatic heterocycles. The van der Waals surface area contributed by atoms with Crippen LogP contribution < -0.4 is 0 Å². The number of hydrogen-bond donors (Lipinski definition) is 1. The summed E-state index contributed by atoms with van der Waals surface area (Å²) in [5.74, 6) is -1.02. The summed E-state index contributed by atoms with van der Waals surface area (Å²) in [7, 11) is 2.96. The number of rotatable bonds is 7. The molecule has 0 heterocycles. The van der Waals surface area contributed by atoms with Crippen molar-refractivity contribution in [3.05, 3.63) is 0 Å². The number of ether oxygens (including phenoxy) is 3. The number of carbonyl (C=O) groups is 1. The van der Waals surface area contributed by atoms with Crippen LogP contribution in [0.5, 0.6) is 0 Å². The molecule has 0 bridgehead atoms. The van der Waals surface area contributed by atoms with Gasteiger partial charge in [-0.25, -0.2) is 4.79 Å². The highest BCUT2D eigenvalue weighted by molar-refractivity contribution is 5.72. The van der Waals surface area contributed by atoms with Gasteiger partial charge in [0.2, 0.25) is 0 Å². The van der Waals surface area contributed by atoms with Crippen LogP contribution in [0.15, 0.2) is 0 Å². The van der Waals surface area contributed by atoms with Gasteiger partial charge >= 0.3 is 5.97 Å². The van der Waals surface area contributed by atoms with E-state index in [1.54, 1.807) is 6.92 Å². The van der Waals surface area contributed by atoms with E-state index >= 15 is 0 Å². The molecular formula is C8H16O5. The Labute approximate surface area is 77.6 Å². The van der Waals surface area contributed by atoms with Gasteiger partial charge in [-0.05, 0) is 6.92 Å². The van der Waals surface area contributed by atoms with Crippen LogP contribution in [0.25, 0.3) is 0 Å². The lowest BCUT2D eigenvalue weighted by atomic mass is 10.3. The van der Waals surface area contributed by atoms with Crippen molar-refractivity contribution in [2.24, 2.45) is 0 Å². The second-order valence-corrected chi connectivity index (χ2v) is 2.68. The van der Waals surface area contributed by atoms with Gasteiger partial charge in [0.25, 0.3) is 0 Å². The summed E-state index contributed by atoms with van der Waals surface area (Å²) in [5, 5.41) is 8.68. The van der Waals surface area contributed by atoms with E-state index in [0.717, 1.165) is 0 Å². The van der Waals surface area contributed by atoms with E-state index in [2.05, 4.69) is 0 Å². The highest BCUT2D eigenvalue weighted by Gasteiger charge is 2.20. The third kappa shape index (κ3) is 5.57. The van der Waals surface area contributed by atoms with Crippen molar-refractivity contribution in [1.82, 2.24) is 0 Å². The van der Waals surface area contributed by atoms with Crippen molar-refractivity contribution < 1.29 is 24.1 Å². The molecule has 0 aliphatic rings. The van der Waals surface area contributed by atoms with E-state index in [-0.39, 0.29) is 12.7 Å². The molecule has 0 saturated carbocycles. The Balaban J connectivity index is 3.86. The summed E-state index contributed by atoms with van der Waals surface area (Å²) >= 11 is 0. The molecule has 0 aromatic carbocycles. The molecule has 0 fully saturated rings. The third-order valence-electron chi connectivity index (χ3n) is 1.39. The molecule has 0 aliphatic carbocycles. The maximum Gasteiger partial charge on any atom is 0.335 e. The topological polar surface area (TPSA) is 65.0 Å². The fraction of sp³-hybridized carbons (Fsp3) is 0.875. The fourth-order valence-corrected chi connectivity index (χ4v) is 0.875. The number of carboxylic acid groups (broad SMARTS) is 1. The van der Waals surface area contributed by atoms with Gasteiger partial charge in [0.15, 0.2) is 6.10 Å². The summed E-state index contributed by atoms with van der Waals surface area (Å²) < 4.78 is 14.6. The predicted molar refractivity (Wildman–Crippen MR) is 45.7 cm³/mol. The molecule has 13 heavy (non-hydrogen) atoms. The Hall–Kier alpha value is -0.650. The van der Waals surface area contributed by atoms with Crippen LogP contribution >= 0.6 is 0 Å². The van der Waals surface area contributed by atoms with E-state index < -0.39 is 12.1 Å². The molecule has 0 saturated heterocycles. The van der Waals surface area contributed by atoms with E-state index in [9.17, 15) is 4.79 Å². The molecule has 78 valence electrons. The first-order valence-corrected chi connectivity index (χ1v) is 3.98. The summed E-state index contributed by atoms with van der Waals surface area (Å²) in [5.41, 5.74) is 0. The third-order valence-corrected chi connectivity index (χ3v) is 1.39. The highest BCUT2D eigenvalue weighted by atomic mass is 16.6. The normalized spacial score (nSPS) is 15.3. The molecule has 0 rings (SSSR count). The van der Waals surface area contributed by atoms with Crippen molar-refractivity contribution in [3.8, 4) is 0 Å². The van der Waals surface area contributed by atoms with Gasteiger partial charge in [0.1, 0.15) is 0 Å². The Bertz CT molecular complexity index is 147. The molecule has 5 nitrogen and oxygen atoms in total. The number of carboxylic acids is 1. The molecule has 2 unspecified atom stereocenters. The van der Waals surface area contributed by atoms with Gasteiger partial charge in [-0.2, -0.15) is 0 Å². The molecular weight excluding hydrogens is 176 g/mol. The van der Waals surface area contributed by atoms with Crippen LogP contribution in [0, 0.1) is 0 Å². The van der Waals surface area contributed by atoms with E-state index in [4.69, 9.17) is 19.3 Å². The maximum atomic E-state index is 10.6. The first kappa shape index (κ1) is 12.3. The second-order valence-electron chi connectivity index (χ2n) is 2.68. The van der Waals surface area contributed by atoms with Gasteiger partial charge in [-0.3, -0.25) is 0 Å². The maximum absolute atomic E-state index is 10.6. The molecule has 0 spiro atoms. The zero-order valence-corrected chi connectivity index (χ0v) is 8.15. The van der Waals surface area contributed by atoms with Crippen LogP contribution in [0.2, 0.25) is 0 Å². The largest absolute Gasteiger partial charge is 0.479 e. The van der Waals surface area contributed by atoms with Crippen LogP contribution in [0.3, 0.4) is 0 Å². The molecule has 0 aromatic rings. The smallest absolute Gasteiger partial charge is 0.335 e. The van der Waals surface area contributed by atoms with Crippen molar-refractivity contribution in [3.63, 3.8) is 0 Å². The molecule has 1 N–H and O–H groups in total. The monoisotopic (exact) mass is 192 g/mol. The van der Waals surface area contributed by atoms with Crippen molar-refractivity contribution in [2.75, 3.05) is 27.4 Å². The van der Waals surface area contributed by atoms with Crippen LogP contribution in [0.1, 0.15) is 6.92 Å². The number of hydrogen-bond acceptors (Lipinski definition) is 4. The van der Waals surface area contributed by atoms with E-state index in [1.165, 1.54) is 14.2 Å². The zero-order chi connectivity index (χ0) is 10.3. The average Bonchev–Trinajstić information content (AvgIpc) is 2.04. The standard InChI is InChI=1S/C8H16O5/c1-6(4-11-2)13-7(5-12-3)8(9)10/h6-7H,4-5H2,1-3H3,(H,9,10). The lowest BCUT2D eigenvalue weighted by Crippen LogP contribution is -2.33. The second kappa shape index (κ2) is 6.82. The zero-order valence-electron chi connectivity index (χ0n) is 8.15. The van der Waals surface area contributed by atoms with Gasteiger partial charge < -0.3 is 19.3 Å². The summed E-state index contributed by atoms with van der Waals surface area (Å²) in [6.45, 7) is 2.16. The van der Waals surface area contributed by atoms with Gasteiger partial charge in [-0.1, -0.05) is 0 Å². The summed E-state index contributed by atoms with van der Waals surface area (Å²) in [6.07, 6.45) is -1.17. The van der Waals surface area contributed by atoms with Crippen molar-refractivity contribution in [2.45, 2.75) is 19.1 Å². The average molecular weight is 192 g/mol. The minimum absolute atomic E-state index is 0.0450. The van der Waals surface area contributed by atoms with Crippen molar-refractivity contribution in [1.29, 1.82) is 0 Å². The van der Waals surface area contributed by atoms with Crippen LogP contribution in [0.4, 0.5) is 0 Å². The lowest BCUT2D eigenvalue weighted by molar-refractivity contribution is -0.159. The Morgan fingerprint density at radius 3 is 2.23 bits per heavy atom. The van der Waals surface area contributed by atoms with Crippen LogP contribution in [-0.2, 0) is 19.0 Å². The Morgan fingerprint density at radius 2 is 1.85 bits per heavy atom. The molecule has 0 amide bonds. The number of aliphatic carboxylic acids is 1. The first-order valence-electron chi connectivity index (χ1n) is 3.98. The SMILES string of the molecule is COCC(C)OC(COC)C(=O)O. The highest BCUT2D eigenvalue weighted by Crippen LogP contribution is 2.00. The van der Waals surface area contributed by atoms with Gasteiger partial charge in [0.05, 0.1) is 19.3 Å². The molecule has 0 aliphatic heterocycles. The quantitative estimate of drug-likeness (QED) is 0.621. The number of methoxy groups -OCH3 is 2. The van der Waals surface area contributed by atoms with Gasteiger partial charge in [-0.15, -0.1) is 0 Å². The minimum atomic E-state index is -1.02. The van der Waals surface area contributed by atoms with Gasteiger partial charge in [0, 0.05) is 14.2 Å². The molecule has 5 heteroatoms. The minimum Gasteiger partial charge on any atom is -0.479 e. The van der Waals surface area contributed by atoms with E-state index in [0.29, 0.717) is 6.61 Å². The van der Waals surface area contributed by atoms with E-state index in [1.807, 2.05) is 0 Å².